The summed E-state index contributed by atoms with van der Waals surface area (Å²) in [5.41, 5.74) is 0.841. The fourth-order valence-corrected chi connectivity index (χ4v) is 4.50. The molecule has 1 aromatic heterocycles. The predicted molar refractivity (Wildman–Crippen MR) is 135 cm³/mol. The number of nitrogens with zero attached hydrogens (tertiary/aromatic N) is 5. The lowest BCUT2D eigenvalue weighted by Gasteiger charge is -2.29. The Bertz CT molecular complexity index is 854. The number of benzene rings is 1. The van der Waals surface area contributed by atoms with Crippen molar-refractivity contribution >= 4 is 41.5 Å². The minimum atomic E-state index is 0. The van der Waals surface area contributed by atoms with E-state index in [4.69, 9.17) is 21.1 Å². The minimum Gasteiger partial charge on any atom is -0.357 e. The number of nitrogens with one attached hydrogen (secondary N) is 1. The van der Waals surface area contributed by atoms with Crippen LogP contribution in [0.25, 0.3) is 11.4 Å². The largest absolute Gasteiger partial charge is 0.357 e. The maximum absolute atomic E-state index is 6.06. The van der Waals surface area contributed by atoms with Crippen LogP contribution in [0.1, 0.15) is 38.5 Å². The third-order valence-corrected chi connectivity index (χ3v) is 6.04. The quantitative estimate of drug-likeness (QED) is 0.324. The Kier molecular flexibility index (Phi) is 9.40. The van der Waals surface area contributed by atoms with Gasteiger partial charge in [0, 0.05) is 36.8 Å². The number of guanidine groups is 1. The molecule has 2 aliphatic heterocycles. The average molecular weight is 559 g/mol. The fraction of sp³-hybridized carbons (Fsp3) is 0.591. The molecule has 0 radical (unpaired) electrons. The third-order valence-electron chi connectivity index (χ3n) is 5.80. The van der Waals surface area contributed by atoms with Gasteiger partial charge >= 0.3 is 0 Å². The van der Waals surface area contributed by atoms with Gasteiger partial charge in [0.2, 0.25) is 11.7 Å². The second kappa shape index (κ2) is 12.0. The summed E-state index contributed by atoms with van der Waals surface area (Å²) in [7, 11) is 0. The predicted octanol–water partition coefficient (Wildman–Crippen LogP) is 4.28. The van der Waals surface area contributed by atoms with Crippen LogP contribution in [0.5, 0.6) is 0 Å². The van der Waals surface area contributed by atoms with Crippen LogP contribution in [-0.4, -0.2) is 65.2 Å². The van der Waals surface area contributed by atoms with E-state index in [9.17, 15) is 0 Å². The molecule has 2 saturated heterocycles. The first-order valence-electron chi connectivity index (χ1n) is 11.1. The number of halogens is 2. The van der Waals surface area contributed by atoms with Gasteiger partial charge in [-0.05, 0) is 57.3 Å². The summed E-state index contributed by atoms with van der Waals surface area (Å²) in [5, 5.41) is 8.14. The molecule has 7 nitrogen and oxygen atoms in total. The van der Waals surface area contributed by atoms with E-state index in [1.165, 1.54) is 45.3 Å². The van der Waals surface area contributed by atoms with Crippen molar-refractivity contribution in [2.75, 3.05) is 39.3 Å². The van der Waals surface area contributed by atoms with E-state index < -0.39 is 0 Å². The van der Waals surface area contributed by atoms with Gasteiger partial charge in [0.05, 0.1) is 0 Å². The highest BCUT2D eigenvalue weighted by Crippen LogP contribution is 2.21. The lowest BCUT2D eigenvalue weighted by atomic mass is 10.1. The Morgan fingerprint density at radius 3 is 2.87 bits per heavy atom. The maximum Gasteiger partial charge on any atom is 0.248 e. The lowest BCUT2D eigenvalue weighted by Crippen LogP contribution is -2.41. The number of aromatic nitrogens is 2. The number of hydrogen-bond acceptors (Lipinski definition) is 5. The van der Waals surface area contributed by atoms with Crippen molar-refractivity contribution in [2.45, 2.75) is 39.2 Å². The van der Waals surface area contributed by atoms with Gasteiger partial charge in [0.1, 0.15) is 6.54 Å². The molecule has 0 saturated carbocycles. The van der Waals surface area contributed by atoms with E-state index in [2.05, 4.69) is 32.2 Å². The van der Waals surface area contributed by atoms with Crippen LogP contribution < -0.4 is 5.32 Å². The Balaban J connectivity index is 0.00000272. The summed E-state index contributed by atoms with van der Waals surface area (Å²) in [6, 6.07) is 7.45. The smallest absolute Gasteiger partial charge is 0.248 e. The van der Waals surface area contributed by atoms with E-state index in [0.29, 0.717) is 29.2 Å². The Labute approximate surface area is 206 Å². The number of rotatable bonds is 6. The zero-order chi connectivity index (χ0) is 20.8. The molecule has 2 aliphatic rings. The summed E-state index contributed by atoms with van der Waals surface area (Å²) < 4.78 is 5.41. The lowest BCUT2D eigenvalue weighted by molar-refractivity contribution is 0.198. The first-order chi connectivity index (χ1) is 14.7. The molecule has 4 rings (SSSR count). The molecule has 3 heterocycles. The van der Waals surface area contributed by atoms with Gasteiger partial charge < -0.3 is 19.6 Å². The van der Waals surface area contributed by atoms with Crippen molar-refractivity contribution in [2.24, 2.45) is 10.9 Å². The van der Waals surface area contributed by atoms with Gasteiger partial charge in [-0.2, -0.15) is 4.98 Å². The van der Waals surface area contributed by atoms with Crippen LogP contribution in [0, 0.1) is 5.92 Å². The molecular weight excluding hydrogens is 527 g/mol. The van der Waals surface area contributed by atoms with Gasteiger partial charge in [-0.1, -0.05) is 35.3 Å². The summed E-state index contributed by atoms with van der Waals surface area (Å²) in [5.74, 6) is 2.69. The molecule has 170 valence electrons. The summed E-state index contributed by atoms with van der Waals surface area (Å²) >= 11 is 6.06. The highest BCUT2D eigenvalue weighted by molar-refractivity contribution is 14.0. The van der Waals surface area contributed by atoms with E-state index in [-0.39, 0.29) is 24.0 Å². The van der Waals surface area contributed by atoms with Crippen LogP contribution >= 0.6 is 35.6 Å². The van der Waals surface area contributed by atoms with Crippen molar-refractivity contribution in [3.8, 4) is 11.4 Å². The molecular formula is C22H32ClIN6O. The standard InChI is InChI=1S/C22H31ClN6O.HI/c1-2-24-22(29-12-9-17(16-29)15-28-10-4-3-5-11-28)25-14-20-26-21(27-30-20)18-7-6-8-19(23)13-18;/h6-8,13,17H,2-5,9-12,14-16H2,1H3,(H,24,25);1H. The minimum absolute atomic E-state index is 0. The van der Waals surface area contributed by atoms with Gasteiger partial charge in [0.25, 0.3) is 0 Å². The molecule has 1 N–H and O–H groups in total. The summed E-state index contributed by atoms with van der Waals surface area (Å²) in [6.45, 7) is 9.13. The summed E-state index contributed by atoms with van der Waals surface area (Å²) in [6.07, 6.45) is 5.31. The normalized spacial score (nSPS) is 20.0. The van der Waals surface area contributed by atoms with Gasteiger partial charge in [0.15, 0.2) is 5.96 Å². The zero-order valence-electron chi connectivity index (χ0n) is 18.1. The number of likely N-dealkylation sites (tertiary alicyclic amines) is 2. The first kappa shape index (κ1) is 24.3. The van der Waals surface area contributed by atoms with E-state index >= 15 is 0 Å². The third kappa shape index (κ3) is 6.79. The van der Waals surface area contributed by atoms with E-state index in [1.54, 1.807) is 0 Å². The zero-order valence-corrected chi connectivity index (χ0v) is 21.2. The van der Waals surface area contributed by atoms with Crippen LogP contribution in [-0.2, 0) is 6.54 Å². The van der Waals surface area contributed by atoms with Crippen LogP contribution in [0.4, 0.5) is 0 Å². The van der Waals surface area contributed by atoms with Crippen molar-refractivity contribution in [3.63, 3.8) is 0 Å². The highest BCUT2D eigenvalue weighted by atomic mass is 127. The van der Waals surface area contributed by atoms with Crippen LogP contribution in [0.15, 0.2) is 33.8 Å². The molecule has 0 amide bonds. The van der Waals surface area contributed by atoms with Crippen molar-refractivity contribution in [3.05, 3.63) is 35.2 Å². The topological polar surface area (TPSA) is 69.8 Å². The molecule has 0 aliphatic carbocycles. The number of piperidine rings is 1. The SMILES string of the molecule is CCNC(=NCc1nc(-c2cccc(Cl)c2)no1)N1CCC(CN2CCCCC2)C1.I. The molecule has 0 bridgehead atoms. The molecule has 1 atom stereocenters. The second-order valence-electron chi connectivity index (χ2n) is 8.15. The number of aliphatic imine (C=N–C) groups is 1. The fourth-order valence-electron chi connectivity index (χ4n) is 4.31. The molecule has 9 heteroatoms. The van der Waals surface area contributed by atoms with Crippen molar-refractivity contribution in [1.29, 1.82) is 0 Å². The molecule has 2 fully saturated rings. The van der Waals surface area contributed by atoms with Crippen molar-refractivity contribution < 1.29 is 4.52 Å². The highest BCUT2D eigenvalue weighted by Gasteiger charge is 2.27. The Morgan fingerprint density at radius 2 is 2.10 bits per heavy atom. The van der Waals surface area contributed by atoms with E-state index in [0.717, 1.165) is 31.2 Å². The van der Waals surface area contributed by atoms with Crippen molar-refractivity contribution in [1.82, 2.24) is 25.3 Å². The van der Waals surface area contributed by atoms with E-state index in [1.807, 2.05) is 24.3 Å². The molecule has 2 aromatic rings. The number of hydrogen-bond donors (Lipinski definition) is 1. The molecule has 1 aromatic carbocycles. The van der Waals surface area contributed by atoms with Gasteiger partial charge in [-0.25, -0.2) is 4.99 Å². The summed E-state index contributed by atoms with van der Waals surface area (Å²) in [4.78, 5) is 14.2. The van der Waals surface area contributed by atoms with Gasteiger partial charge in [-0.3, -0.25) is 0 Å². The van der Waals surface area contributed by atoms with Crippen LogP contribution in [0.3, 0.4) is 0 Å². The second-order valence-corrected chi connectivity index (χ2v) is 8.59. The van der Waals surface area contributed by atoms with Gasteiger partial charge in [-0.15, -0.1) is 24.0 Å². The molecule has 0 spiro atoms. The van der Waals surface area contributed by atoms with Crippen LogP contribution in [0.2, 0.25) is 5.02 Å². The monoisotopic (exact) mass is 558 g/mol. The molecule has 31 heavy (non-hydrogen) atoms. The Hall–Kier alpha value is -1.39. The average Bonchev–Trinajstić information content (AvgIpc) is 3.42. The Morgan fingerprint density at radius 1 is 1.26 bits per heavy atom. The molecule has 1 unspecified atom stereocenters. The maximum atomic E-state index is 6.06. The first-order valence-corrected chi connectivity index (χ1v) is 11.4.